The fraction of sp³-hybridized carbons (Fsp3) is 0.423. The molecule has 0 N–H and O–H groups in total. The zero-order valence-corrected chi connectivity index (χ0v) is 20.3. The first-order valence-corrected chi connectivity index (χ1v) is 12.3. The molecule has 0 radical (unpaired) electrons. The third kappa shape index (κ3) is 3.57. The molecular weight excluding hydrogens is 442 g/mol. The summed E-state index contributed by atoms with van der Waals surface area (Å²) >= 11 is 0. The molecule has 1 atom stereocenters. The average Bonchev–Trinajstić information content (AvgIpc) is 3.42. The van der Waals surface area contributed by atoms with Gasteiger partial charge in [0.05, 0.1) is 23.9 Å². The van der Waals surface area contributed by atoms with Crippen molar-refractivity contribution in [2.24, 2.45) is 0 Å². The first-order chi connectivity index (χ1) is 16.9. The lowest BCUT2D eigenvalue weighted by Gasteiger charge is -2.37. The number of hydrogen-bond acceptors (Lipinski definition) is 7. The van der Waals surface area contributed by atoms with Crippen LogP contribution in [0.25, 0.3) is 10.9 Å². The predicted octanol–water partition coefficient (Wildman–Crippen LogP) is 2.97. The van der Waals surface area contributed by atoms with Gasteiger partial charge in [-0.1, -0.05) is 18.2 Å². The van der Waals surface area contributed by atoms with Crippen molar-refractivity contribution < 1.29 is 9.59 Å². The highest BCUT2D eigenvalue weighted by Gasteiger charge is 2.39. The fourth-order valence-electron chi connectivity index (χ4n) is 5.41. The summed E-state index contributed by atoms with van der Waals surface area (Å²) in [5, 5.41) is 1.05. The molecule has 2 fully saturated rings. The van der Waals surface area contributed by atoms with Crippen LogP contribution in [0.5, 0.6) is 0 Å². The van der Waals surface area contributed by atoms with Crippen molar-refractivity contribution in [2.75, 3.05) is 36.5 Å². The van der Waals surface area contributed by atoms with Crippen molar-refractivity contribution in [3.63, 3.8) is 0 Å². The molecular formula is C26H29N7O2. The van der Waals surface area contributed by atoms with Crippen LogP contribution in [-0.4, -0.2) is 75.3 Å². The summed E-state index contributed by atoms with van der Waals surface area (Å²) in [6, 6.07) is 10.4. The molecule has 1 aromatic carbocycles. The third-order valence-electron chi connectivity index (χ3n) is 7.45. The van der Waals surface area contributed by atoms with E-state index in [-0.39, 0.29) is 23.9 Å². The minimum Gasteiger partial charge on any atom is -0.337 e. The van der Waals surface area contributed by atoms with Crippen LogP contribution >= 0.6 is 0 Å². The monoisotopic (exact) mass is 471 g/mol. The maximum absolute atomic E-state index is 13.3. The average molecular weight is 472 g/mol. The van der Waals surface area contributed by atoms with Crippen LogP contribution in [-0.2, 0) is 11.3 Å². The lowest BCUT2D eigenvalue weighted by atomic mass is 10.1. The molecule has 2 aromatic heterocycles. The molecule has 3 aliphatic rings. The quantitative estimate of drug-likeness (QED) is 0.578. The van der Waals surface area contributed by atoms with Gasteiger partial charge < -0.3 is 19.6 Å². The van der Waals surface area contributed by atoms with E-state index in [1.54, 1.807) is 0 Å². The fourth-order valence-corrected chi connectivity index (χ4v) is 5.41. The molecule has 5 heterocycles. The smallest absolute Gasteiger partial charge is 0.273 e. The highest BCUT2D eigenvalue weighted by molar-refractivity contribution is 5.99. The number of nitrogens with zero attached hydrogens (tertiary/aromatic N) is 7. The number of para-hydroxylation sites is 1. The van der Waals surface area contributed by atoms with E-state index in [1.807, 2.05) is 66.1 Å². The molecule has 0 spiro atoms. The van der Waals surface area contributed by atoms with Crippen molar-refractivity contribution in [1.82, 2.24) is 24.8 Å². The first-order valence-electron chi connectivity index (χ1n) is 12.3. The summed E-state index contributed by atoms with van der Waals surface area (Å²) in [7, 11) is 1.97. The molecule has 2 amide bonds. The number of anilines is 3. The second kappa shape index (κ2) is 8.18. The van der Waals surface area contributed by atoms with Gasteiger partial charge in [0.15, 0.2) is 0 Å². The van der Waals surface area contributed by atoms with Crippen LogP contribution in [0.15, 0.2) is 36.5 Å². The highest BCUT2D eigenvalue weighted by atomic mass is 16.2. The molecule has 2 saturated heterocycles. The Morgan fingerprint density at radius 3 is 2.77 bits per heavy atom. The highest BCUT2D eigenvalue weighted by Crippen LogP contribution is 2.36. The summed E-state index contributed by atoms with van der Waals surface area (Å²) in [5.74, 6) is 1.46. The predicted molar refractivity (Wildman–Crippen MR) is 134 cm³/mol. The largest absolute Gasteiger partial charge is 0.337 e. The molecule has 0 bridgehead atoms. The van der Waals surface area contributed by atoms with Crippen LogP contribution in [0.3, 0.4) is 0 Å². The molecule has 0 saturated carbocycles. The number of rotatable bonds is 4. The molecule has 6 rings (SSSR count). The lowest BCUT2D eigenvalue weighted by molar-refractivity contribution is -0.129. The summed E-state index contributed by atoms with van der Waals surface area (Å²) in [4.78, 5) is 47.9. The van der Waals surface area contributed by atoms with E-state index in [0.717, 1.165) is 34.4 Å². The SMILES string of the molecule is CC(C)N1Cc2c(nc(N3CCN4C(=O)CCC4C3)nc2N(C)c2cnc3ccccc3c2)C1=O. The lowest BCUT2D eigenvalue weighted by Crippen LogP contribution is -2.52. The van der Waals surface area contributed by atoms with Crippen molar-refractivity contribution in [3.8, 4) is 0 Å². The number of carbonyl (C=O) groups excluding carboxylic acids is 2. The molecule has 3 aliphatic heterocycles. The molecule has 0 aliphatic carbocycles. The third-order valence-corrected chi connectivity index (χ3v) is 7.45. The van der Waals surface area contributed by atoms with Gasteiger partial charge in [0.2, 0.25) is 11.9 Å². The first kappa shape index (κ1) is 21.8. The Hall–Kier alpha value is -3.75. The Bertz CT molecular complexity index is 1340. The van der Waals surface area contributed by atoms with Crippen molar-refractivity contribution in [3.05, 3.63) is 47.8 Å². The second-order valence-corrected chi connectivity index (χ2v) is 9.87. The van der Waals surface area contributed by atoms with E-state index < -0.39 is 0 Å². The number of fused-ring (bicyclic) bond motifs is 3. The Kier molecular flexibility index (Phi) is 5.09. The number of pyridine rings is 1. The minimum atomic E-state index is -0.0559. The van der Waals surface area contributed by atoms with Gasteiger partial charge in [0.25, 0.3) is 5.91 Å². The maximum atomic E-state index is 13.3. The summed E-state index contributed by atoms with van der Waals surface area (Å²) in [6.07, 6.45) is 3.31. The Morgan fingerprint density at radius 1 is 1.11 bits per heavy atom. The van der Waals surface area contributed by atoms with Crippen molar-refractivity contribution in [1.29, 1.82) is 0 Å². The van der Waals surface area contributed by atoms with Gasteiger partial charge in [-0.2, -0.15) is 4.98 Å². The Labute approximate surface area is 204 Å². The number of benzene rings is 1. The van der Waals surface area contributed by atoms with Crippen LogP contribution in [0.2, 0.25) is 0 Å². The standard InChI is InChI=1S/C26H29N7O2/c1-16(2)33-15-20-23(25(33)35)28-26(31-10-11-32-18(14-31)8-9-22(32)34)29-24(20)30(3)19-12-17-6-4-5-7-21(17)27-13-19/h4-7,12-13,16,18H,8-11,14-15H2,1-3H3. The van der Waals surface area contributed by atoms with Gasteiger partial charge in [0.1, 0.15) is 11.5 Å². The number of carbonyl (C=O) groups is 2. The minimum absolute atomic E-state index is 0.0559. The van der Waals surface area contributed by atoms with Crippen molar-refractivity contribution in [2.45, 2.75) is 45.3 Å². The van der Waals surface area contributed by atoms with Gasteiger partial charge in [0, 0.05) is 56.1 Å². The van der Waals surface area contributed by atoms with Crippen LogP contribution < -0.4 is 9.80 Å². The number of aromatic nitrogens is 3. The van der Waals surface area contributed by atoms with Crippen LogP contribution in [0.1, 0.15) is 42.7 Å². The zero-order valence-electron chi connectivity index (χ0n) is 20.3. The van der Waals surface area contributed by atoms with Gasteiger partial charge >= 0.3 is 0 Å². The van der Waals surface area contributed by atoms with Gasteiger partial charge in [-0.15, -0.1) is 0 Å². The van der Waals surface area contributed by atoms with Crippen LogP contribution in [0.4, 0.5) is 17.5 Å². The van der Waals surface area contributed by atoms with Gasteiger partial charge in [-0.25, -0.2) is 4.98 Å². The normalized spacial score (nSPS) is 19.7. The second-order valence-electron chi connectivity index (χ2n) is 9.87. The molecule has 3 aromatic rings. The molecule has 9 heteroatoms. The molecule has 35 heavy (non-hydrogen) atoms. The van der Waals surface area contributed by atoms with E-state index in [2.05, 4.69) is 16.0 Å². The maximum Gasteiger partial charge on any atom is 0.273 e. The van der Waals surface area contributed by atoms with E-state index in [9.17, 15) is 9.59 Å². The van der Waals surface area contributed by atoms with E-state index in [4.69, 9.17) is 9.97 Å². The van der Waals surface area contributed by atoms with Crippen molar-refractivity contribution >= 4 is 40.2 Å². The van der Waals surface area contributed by atoms with Gasteiger partial charge in [-0.05, 0) is 32.4 Å². The number of piperazine rings is 1. The Morgan fingerprint density at radius 2 is 1.94 bits per heavy atom. The summed E-state index contributed by atoms with van der Waals surface area (Å²) in [6.45, 7) is 6.53. The number of amides is 2. The van der Waals surface area contributed by atoms with E-state index >= 15 is 0 Å². The van der Waals surface area contributed by atoms with E-state index in [0.29, 0.717) is 44.2 Å². The van der Waals surface area contributed by atoms with Gasteiger partial charge in [-0.3, -0.25) is 14.6 Å². The van der Waals surface area contributed by atoms with Crippen LogP contribution in [0, 0.1) is 0 Å². The molecule has 180 valence electrons. The molecule has 9 nitrogen and oxygen atoms in total. The number of hydrogen-bond donors (Lipinski definition) is 0. The van der Waals surface area contributed by atoms with E-state index in [1.165, 1.54) is 0 Å². The molecule has 1 unspecified atom stereocenters. The summed E-state index contributed by atoms with van der Waals surface area (Å²) < 4.78 is 0. The Balaban J connectivity index is 1.42. The summed E-state index contributed by atoms with van der Waals surface area (Å²) in [5.41, 5.74) is 3.16. The topological polar surface area (TPSA) is 85.8 Å². The zero-order chi connectivity index (χ0) is 24.3.